The summed E-state index contributed by atoms with van der Waals surface area (Å²) in [6.45, 7) is 2.10. The molecule has 0 fully saturated rings. The lowest BCUT2D eigenvalue weighted by Gasteiger charge is -2.13. The molecule has 0 spiro atoms. The summed E-state index contributed by atoms with van der Waals surface area (Å²) in [7, 11) is 2.07. The van der Waals surface area contributed by atoms with Gasteiger partial charge in [-0.3, -0.25) is 0 Å². The Hall–Kier alpha value is 0.0969. The molecule has 0 saturated heterocycles. The summed E-state index contributed by atoms with van der Waals surface area (Å²) in [6, 6.07) is 1.33. The first kappa shape index (κ1) is 11.1. The van der Waals surface area contributed by atoms with Gasteiger partial charge in [0.2, 0.25) is 0 Å². The minimum absolute atomic E-state index is 0.315. The minimum Gasteiger partial charge on any atom is -0.400 e. The molecule has 0 aliphatic rings. The van der Waals surface area contributed by atoms with Gasteiger partial charge in [-0.25, -0.2) is 0 Å². The standard InChI is InChI=1S/C7H19NO2Si/c1-4-7(8)5-6-11(9-2)10-3/h7,11H,4-6,8H2,1-3H3. The summed E-state index contributed by atoms with van der Waals surface area (Å²) in [6.07, 6.45) is 2.06. The zero-order valence-electron chi connectivity index (χ0n) is 7.67. The second-order valence-corrected chi connectivity index (χ2v) is 5.03. The van der Waals surface area contributed by atoms with Crippen molar-refractivity contribution in [3.05, 3.63) is 0 Å². The fourth-order valence-corrected chi connectivity index (χ4v) is 2.25. The van der Waals surface area contributed by atoms with Gasteiger partial charge in [0.05, 0.1) is 0 Å². The van der Waals surface area contributed by atoms with Crippen molar-refractivity contribution < 1.29 is 8.85 Å². The molecule has 0 rings (SSSR count). The third kappa shape index (κ3) is 5.38. The van der Waals surface area contributed by atoms with E-state index in [2.05, 4.69) is 6.92 Å². The summed E-state index contributed by atoms with van der Waals surface area (Å²) in [4.78, 5) is 0. The van der Waals surface area contributed by atoms with Gasteiger partial charge in [0.25, 0.3) is 0 Å². The van der Waals surface area contributed by atoms with E-state index in [1.165, 1.54) is 0 Å². The van der Waals surface area contributed by atoms with Gasteiger partial charge >= 0.3 is 9.28 Å². The highest BCUT2D eigenvalue weighted by Gasteiger charge is 2.10. The molecule has 3 nitrogen and oxygen atoms in total. The largest absolute Gasteiger partial charge is 0.400 e. The van der Waals surface area contributed by atoms with Gasteiger partial charge in [-0.05, 0) is 18.9 Å². The van der Waals surface area contributed by atoms with E-state index in [0.717, 1.165) is 18.9 Å². The molecule has 0 radical (unpaired) electrons. The topological polar surface area (TPSA) is 44.5 Å². The van der Waals surface area contributed by atoms with Crippen molar-refractivity contribution in [2.24, 2.45) is 5.73 Å². The van der Waals surface area contributed by atoms with Crippen LogP contribution in [0.2, 0.25) is 6.04 Å². The van der Waals surface area contributed by atoms with Crippen LogP contribution in [-0.4, -0.2) is 29.5 Å². The van der Waals surface area contributed by atoms with Crippen LogP contribution in [0.15, 0.2) is 0 Å². The molecule has 0 aromatic rings. The molecular weight excluding hydrogens is 158 g/mol. The zero-order valence-corrected chi connectivity index (χ0v) is 8.82. The van der Waals surface area contributed by atoms with Gasteiger partial charge in [0.15, 0.2) is 0 Å². The Morgan fingerprint density at radius 3 is 2.27 bits per heavy atom. The van der Waals surface area contributed by atoms with Crippen LogP contribution in [0.25, 0.3) is 0 Å². The lowest BCUT2D eigenvalue weighted by Crippen LogP contribution is -2.25. The van der Waals surface area contributed by atoms with Crippen LogP contribution in [0, 0.1) is 0 Å². The normalized spacial score (nSPS) is 13.9. The van der Waals surface area contributed by atoms with Crippen LogP contribution in [0.5, 0.6) is 0 Å². The average Bonchev–Trinajstić information content (AvgIpc) is 2.06. The number of hydrogen-bond donors (Lipinski definition) is 1. The van der Waals surface area contributed by atoms with Crippen molar-refractivity contribution in [2.75, 3.05) is 14.2 Å². The van der Waals surface area contributed by atoms with E-state index in [1.54, 1.807) is 14.2 Å². The van der Waals surface area contributed by atoms with Crippen molar-refractivity contribution in [3.8, 4) is 0 Å². The van der Waals surface area contributed by atoms with Gasteiger partial charge in [-0.1, -0.05) is 6.92 Å². The van der Waals surface area contributed by atoms with Crippen LogP contribution in [0.3, 0.4) is 0 Å². The predicted octanol–water partition coefficient (Wildman–Crippen LogP) is 0.627. The Morgan fingerprint density at radius 1 is 1.36 bits per heavy atom. The van der Waals surface area contributed by atoms with Gasteiger partial charge in [-0.2, -0.15) is 0 Å². The van der Waals surface area contributed by atoms with Crippen molar-refractivity contribution in [1.82, 2.24) is 0 Å². The molecule has 1 atom stereocenters. The van der Waals surface area contributed by atoms with E-state index < -0.39 is 9.28 Å². The maximum absolute atomic E-state index is 5.74. The molecule has 0 aliphatic heterocycles. The SMILES string of the molecule is CCC(N)CC[SiH](OC)OC. The third-order valence-electron chi connectivity index (χ3n) is 1.82. The Morgan fingerprint density at radius 2 is 1.91 bits per heavy atom. The molecular formula is C7H19NO2Si. The van der Waals surface area contributed by atoms with E-state index in [-0.39, 0.29) is 0 Å². The average molecular weight is 177 g/mol. The highest BCUT2D eigenvalue weighted by atomic mass is 28.3. The molecule has 0 amide bonds. The Bertz CT molecular complexity index is 88.5. The number of nitrogens with two attached hydrogens (primary N) is 1. The molecule has 11 heavy (non-hydrogen) atoms. The van der Waals surface area contributed by atoms with Gasteiger partial charge in [-0.15, -0.1) is 0 Å². The lowest BCUT2D eigenvalue weighted by molar-refractivity contribution is 0.275. The highest BCUT2D eigenvalue weighted by molar-refractivity contribution is 6.44. The van der Waals surface area contributed by atoms with Crippen molar-refractivity contribution in [2.45, 2.75) is 31.9 Å². The first-order chi connectivity index (χ1) is 5.24. The van der Waals surface area contributed by atoms with E-state index in [0.29, 0.717) is 6.04 Å². The summed E-state index contributed by atoms with van der Waals surface area (Å²) in [5, 5.41) is 0. The summed E-state index contributed by atoms with van der Waals surface area (Å²) in [5.41, 5.74) is 5.74. The molecule has 68 valence electrons. The predicted molar refractivity (Wildman–Crippen MR) is 48.9 cm³/mol. The Balaban J connectivity index is 3.34. The van der Waals surface area contributed by atoms with E-state index in [9.17, 15) is 0 Å². The van der Waals surface area contributed by atoms with Crippen molar-refractivity contribution >= 4 is 9.28 Å². The van der Waals surface area contributed by atoms with Crippen LogP contribution in [0.4, 0.5) is 0 Å². The quantitative estimate of drug-likeness (QED) is 0.605. The van der Waals surface area contributed by atoms with E-state index in [4.69, 9.17) is 14.6 Å². The molecule has 0 bridgehead atoms. The number of rotatable bonds is 6. The van der Waals surface area contributed by atoms with E-state index in [1.807, 2.05) is 0 Å². The zero-order chi connectivity index (χ0) is 8.69. The van der Waals surface area contributed by atoms with Crippen LogP contribution in [0.1, 0.15) is 19.8 Å². The fraction of sp³-hybridized carbons (Fsp3) is 1.00. The van der Waals surface area contributed by atoms with Gasteiger partial charge in [0, 0.05) is 20.3 Å². The molecule has 0 saturated carbocycles. The molecule has 2 N–H and O–H groups in total. The third-order valence-corrected chi connectivity index (χ3v) is 3.68. The number of hydrogen-bond acceptors (Lipinski definition) is 3. The Kier molecular flexibility index (Phi) is 6.85. The fourth-order valence-electron chi connectivity index (χ4n) is 0.886. The van der Waals surface area contributed by atoms with Crippen LogP contribution in [-0.2, 0) is 8.85 Å². The van der Waals surface area contributed by atoms with Gasteiger partial charge < -0.3 is 14.6 Å². The smallest absolute Gasteiger partial charge is 0.320 e. The first-order valence-electron chi connectivity index (χ1n) is 4.05. The summed E-state index contributed by atoms with van der Waals surface area (Å²) >= 11 is 0. The second kappa shape index (κ2) is 6.79. The summed E-state index contributed by atoms with van der Waals surface area (Å²) < 4.78 is 10.3. The molecule has 4 heteroatoms. The molecule has 0 aromatic heterocycles. The second-order valence-electron chi connectivity index (χ2n) is 2.65. The maximum Gasteiger partial charge on any atom is 0.320 e. The lowest BCUT2D eigenvalue weighted by atomic mass is 10.2. The van der Waals surface area contributed by atoms with Crippen LogP contribution < -0.4 is 5.73 Å². The molecule has 0 aliphatic carbocycles. The maximum atomic E-state index is 5.74. The molecule has 0 heterocycles. The summed E-state index contributed by atoms with van der Waals surface area (Å²) in [5.74, 6) is 0. The highest BCUT2D eigenvalue weighted by Crippen LogP contribution is 2.03. The first-order valence-corrected chi connectivity index (χ1v) is 5.81. The molecule has 0 aromatic carbocycles. The van der Waals surface area contributed by atoms with Crippen molar-refractivity contribution in [3.63, 3.8) is 0 Å². The monoisotopic (exact) mass is 177 g/mol. The van der Waals surface area contributed by atoms with Crippen LogP contribution >= 0.6 is 0 Å². The Labute approximate surface area is 70.7 Å². The minimum atomic E-state index is -1.34. The van der Waals surface area contributed by atoms with E-state index >= 15 is 0 Å². The molecule has 1 unspecified atom stereocenters. The van der Waals surface area contributed by atoms with Crippen molar-refractivity contribution in [1.29, 1.82) is 0 Å². The van der Waals surface area contributed by atoms with Gasteiger partial charge in [0.1, 0.15) is 0 Å².